The topological polar surface area (TPSA) is 43.8 Å². The molecule has 1 aromatic rings. The van der Waals surface area contributed by atoms with Gasteiger partial charge in [-0.25, -0.2) is 4.39 Å². The molecule has 1 atom stereocenters. The molecule has 3 rings (SSSR count). The predicted molar refractivity (Wildman–Crippen MR) is 95.6 cm³/mol. The Morgan fingerprint density at radius 1 is 1.28 bits per heavy atom. The molecule has 138 valence electrons. The lowest BCUT2D eigenvalue weighted by Gasteiger charge is -2.48. The summed E-state index contributed by atoms with van der Waals surface area (Å²) in [6.45, 7) is 6.30. The largest absolute Gasteiger partial charge is 0.396 e. The second kappa shape index (κ2) is 7.83. The Kier molecular flexibility index (Phi) is 5.74. The highest BCUT2D eigenvalue weighted by atomic mass is 19.1. The van der Waals surface area contributed by atoms with E-state index in [9.17, 15) is 9.18 Å². The fourth-order valence-electron chi connectivity index (χ4n) is 4.41. The van der Waals surface area contributed by atoms with Gasteiger partial charge in [0.1, 0.15) is 5.82 Å². The first kappa shape index (κ1) is 18.3. The van der Waals surface area contributed by atoms with Crippen molar-refractivity contribution in [3.63, 3.8) is 0 Å². The molecule has 2 aliphatic heterocycles. The molecule has 2 saturated heterocycles. The van der Waals surface area contributed by atoms with E-state index in [1.807, 2.05) is 24.0 Å². The van der Waals surface area contributed by atoms with Crippen molar-refractivity contribution in [1.82, 2.24) is 9.80 Å². The van der Waals surface area contributed by atoms with Crippen LogP contribution in [-0.2, 0) is 11.3 Å². The van der Waals surface area contributed by atoms with Crippen LogP contribution in [0.5, 0.6) is 0 Å². The molecule has 1 aromatic carbocycles. The van der Waals surface area contributed by atoms with Crippen molar-refractivity contribution < 1.29 is 14.3 Å². The van der Waals surface area contributed by atoms with Crippen LogP contribution in [0, 0.1) is 18.2 Å². The predicted octanol–water partition coefficient (Wildman–Crippen LogP) is 2.72. The van der Waals surface area contributed by atoms with Crippen molar-refractivity contribution >= 4 is 5.91 Å². The van der Waals surface area contributed by atoms with E-state index >= 15 is 0 Å². The third-order valence-electron chi connectivity index (χ3n) is 5.70. The number of rotatable bonds is 5. The number of benzene rings is 1. The lowest BCUT2D eigenvalue weighted by molar-refractivity contribution is -0.139. The minimum atomic E-state index is -0.149. The standard InChI is InChI=1S/C20H29FN2O2/c1-16-12-17(4-5-18(16)21)13-22-9-2-7-20(14-22)8-6-19(25)23(15-20)10-3-11-24/h4-5,12,24H,2-3,6-11,13-15H2,1H3. The van der Waals surface area contributed by atoms with Crippen LogP contribution in [0.3, 0.4) is 0 Å². The van der Waals surface area contributed by atoms with Gasteiger partial charge in [0, 0.05) is 44.6 Å². The van der Waals surface area contributed by atoms with Gasteiger partial charge >= 0.3 is 0 Å². The third-order valence-corrected chi connectivity index (χ3v) is 5.70. The summed E-state index contributed by atoms with van der Waals surface area (Å²) in [5.41, 5.74) is 2.03. The van der Waals surface area contributed by atoms with Crippen LogP contribution >= 0.6 is 0 Å². The van der Waals surface area contributed by atoms with Crippen LogP contribution in [0.2, 0.25) is 0 Å². The van der Waals surface area contributed by atoms with Gasteiger partial charge < -0.3 is 10.0 Å². The fraction of sp³-hybridized carbons (Fsp3) is 0.650. The molecule has 2 aliphatic rings. The first-order valence-electron chi connectivity index (χ1n) is 9.37. The molecule has 5 heteroatoms. The Bertz CT molecular complexity index is 622. The average Bonchev–Trinajstić information content (AvgIpc) is 2.59. The van der Waals surface area contributed by atoms with E-state index in [2.05, 4.69) is 4.90 Å². The van der Waals surface area contributed by atoms with Gasteiger partial charge in [-0.2, -0.15) is 0 Å². The zero-order valence-corrected chi connectivity index (χ0v) is 15.1. The molecule has 0 aliphatic carbocycles. The summed E-state index contributed by atoms with van der Waals surface area (Å²) in [4.78, 5) is 16.6. The first-order chi connectivity index (χ1) is 12.0. The lowest BCUT2D eigenvalue weighted by atomic mass is 9.73. The maximum absolute atomic E-state index is 13.5. The third kappa shape index (κ3) is 4.39. The minimum Gasteiger partial charge on any atom is -0.396 e. The van der Waals surface area contributed by atoms with Gasteiger partial charge in [-0.1, -0.05) is 12.1 Å². The number of carbonyl (C=O) groups is 1. The number of halogens is 1. The number of hydrogen-bond donors (Lipinski definition) is 1. The number of aryl methyl sites for hydroxylation is 1. The zero-order chi connectivity index (χ0) is 17.9. The van der Waals surface area contributed by atoms with E-state index in [-0.39, 0.29) is 23.7 Å². The van der Waals surface area contributed by atoms with Crippen LogP contribution in [0.15, 0.2) is 18.2 Å². The van der Waals surface area contributed by atoms with Gasteiger partial charge in [-0.05, 0) is 56.3 Å². The molecule has 0 radical (unpaired) electrons. The van der Waals surface area contributed by atoms with E-state index < -0.39 is 0 Å². The smallest absolute Gasteiger partial charge is 0.222 e. The van der Waals surface area contributed by atoms with E-state index in [4.69, 9.17) is 5.11 Å². The number of nitrogens with zero attached hydrogens (tertiary/aromatic N) is 2. The monoisotopic (exact) mass is 348 g/mol. The number of piperidine rings is 2. The Morgan fingerprint density at radius 3 is 2.88 bits per heavy atom. The number of carbonyl (C=O) groups excluding carboxylic acids is 1. The Balaban J connectivity index is 1.65. The van der Waals surface area contributed by atoms with Crippen LogP contribution in [0.1, 0.15) is 43.2 Å². The number of aliphatic hydroxyl groups is 1. The second-order valence-electron chi connectivity index (χ2n) is 7.79. The summed E-state index contributed by atoms with van der Waals surface area (Å²) in [6, 6.07) is 5.37. The molecule has 2 heterocycles. The van der Waals surface area contributed by atoms with Crippen molar-refractivity contribution in [3.8, 4) is 0 Å². The van der Waals surface area contributed by atoms with Crippen molar-refractivity contribution in [2.45, 2.75) is 45.6 Å². The van der Waals surface area contributed by atoms with Crippen molar-refractivity contribution in [2.75, 3.05) is 32.8 Å². The maximum atomic E-state index is 13.5. The summed E-state index contributed by atoms with van der Waals surface area (Å²) < 4.78 is 13.5. The molecule has 0 aromatic heterocycles. The zero-order valence-electron chi connectivity index (χ0n) is 15.1. The maximum Gasteiger partial charge on any atom is 0.222 e. The molecule has 1 unspecified atom stereocenters. The van der Waals surface area contributed by atoms with E-state index in [0.717, 1.165) is 51.0 Å². The molecular formula is C20H29FN2O2. The van der Waals surface area contributed by atoms with Gasteiger partial charge in [0.25, 0.3) is 0 Å². The van der Waals surface area contributed by atoms with Crippen LogP contribution in [-0.4, -0.2) is 53.6 Å². The van der Waals surface area contributed by atoms with Crippen molar-refractivity contribution in [1.29, 1.82) is 0 Å². The second-order valence-corrected chi connectivity index (χ2v) is 7.79. The SMILES string of the molecule is Cc1cc(CN2CCCC3(CCC(=O)N(CCCO)C3)C2)ccc1F. The highest BCUT2D eigenvalue weighted by Crippen LogP contribution is 2.39. The van der Waals surface area contributed by atoms with Crippen LogP contribution < -0.4 is 0 Å². The Hall–Kier alpha value is -1.46. The molecule has 2 fully saturated rings. The molecule has 0 bridgehead atoms. The van der Waals surface area contributed by atoms with E-state index in [1.165, 1.54) is 0 Å². The summed E-state index contributed by atoms with van der Waals surface area (Å²) >= 11 is 0. The normalized spacial score (nSPS) is 24.9. The first-order valence-corrected chi connectivity index (χ1v) is 9.37. The number of amides is 1. The van der Waals surface area contributed by atoms with Gasteiger partial charge in [0.2, 0.25) is 5.91 Å². The minimum absolute atomic E-state index is 0.132. The molecule has 25 heavy (non-hydrogen) atoms. The van der Waals surface area contributed by atoms with Crippen LogP contribution in [0.25, 0.3) is 0 Å². The lowest BCUT2D eigenvalue weighted by Crippen LogP contribution is -2.54. The highest BCUT2D eigenvalue weighted by Gasteiger charge is 2.41. The van der Waals surface area contributed by atoms with E-state index in [0.29, 0.717) is 24.9 Å². The van der Waals surface area contributed by atoms with Gasteiger partial charge in [0.15, 0.2) is 0 Å². The highest BCUT2D eigenvalue weighted by molar-refractivity contribution is 5.77. The molecule has 1 N–H and O–H groups in total. The quantitative estimate of drug-likeness (QED) is 0.890. The van der Waals surface area contributed by atoms with Gasteiger partial charge in [-0.15, -0.1) is 0 Å². The molecule has 1 spiro atoms. The molecule has 4 nitrogen and oxygen atoms in total. The van der Waals surface area contributed by atoms with Gasteiger partial charge in [0.05, 0.1) is 0 Å². The summed E-state index contributed by atoms with van der Waals surface area (Å²) in [5.74, 6) is 0.0783. The Labute approximate surface area is 149 Å². The molecule has 1 amide bonds. The average molecular weight is 348 g/mol. The van der Waals surface area contributed by atoms with Crippen molar-refractivity contribution in [3.05, 3.63) is 35.1 Å². The van der Waals surface area contributed by atoms with Crippen LogP contribution in [0.4, 0.5) is 4.39 Å². The summed E-state index contributed by atoms with van der Waals surface area (Å²) in [5, 5.41) is 9.06. The number of hydrogen-bond acceptors (Lipinski definition) is 3. The van der Waals surface area contributed by atoms with Gasteiger partial charge in [-0.3, -0.25) is 9.69 Å². The summed E-state index contributed by atoms with van der Waals surface area (Å²) in [7, 11) is 0. The number of aliphatic hydroxyl groups excluding tert-OH is 1. The summed E-state index contributed by atoms with van der Waals surface area (Å²) in [6.07, 6.45) is 4.53. The molecular weight excluding hydrogens is 319 g/mol. The molecule has 0 saturated carbocycles. The fourth-order valence-corrected chi connectivity index (χ4v) is 4.41. The number of likely N-dealkylation sites (tertiary alicyclic amines) is 2. The van der Waals surface area contributed by atoms with E-state index in [1.54, 1.807) is 6.07 Å². The van der Waals surface area contributed by atoms with Crippen molar-refractivity contribution in [2.24, 2.45) is 5.41 Å². The Morgan fingerprint density at radius 2 is 2.12 bits per heavy atom.